The number of Topliss-reactive ketones (excluding diaryl/α,β-unsaturated/α-hetero) is 2. The highest BCUT2D eigenvalue weighted by Gasteiger charge is 2.52. The Morgan fingerprint density at radius 2 is 1.46 bits per heavy atom. The van der Waals surface area contributed by atoms with Crippen molar-refractivity contribution in [3.63, 3.8) is 0 Å². The van der Waals surface area contributed by atoms with Gasteiger partial charge in [-0.15, -0.1) is 0 Å². The third kappa shape index (κ3) is 5.13. The van der Waals surface area contributed by atoms with E-state index in [1.165, 1.54) is 12.3 Å². The van der Waals surface area contributed by atoms with Gasteiger partial charge in [0.05, 0.1) is 24.0 Å². The first-order valence-electron chi connectivity index (χ1n) is 13.8. The van der Waals surface area contributed by atoms with Crippen LogP contribution in [0.3, 0.4) is 0 Å². The molecule has 0 bridgehead atoms. The van der Waals surface area contributed by atoms with Crippen LogP contribution in [0.25, 0.3) is 0 Å². The van der Waals surface area contributed by atoms with E-state index in [4.69, 9.17) is 15.2 Å². The van der Waals surface area contributed by atoms with Crippen molar-refractivity contribution in [3.8, 4) is 0 Å². The Balaban J connectivity index is 1.40. The summed E-state index contributed by atoms with van der Waals surface area (Å²) in [7, 11) is 0. The van der Waals surface area contributed by atoms with Crippen LogP contribution in [0, 0.1) is 11.8 Å². The summed E-state index contributed by atoms with van der Waals surface area (Å²) in [6.45, 7) is 0.577. The predicted octanol–water partition coefficient (Wildman–Crippen LogP) is -0.269. The molecule has 0 saturated carbocycles. The Hall–Kier alpha value is -4.03. The highest BCUT2D eigenvalue weighted by molar-refractivity contribution is 5.97. The fraction of sp³-hybridized carbons (Fsp3) is 0.483. The lowest BCUT2D eigenvalue weighted by molar-refractivity contribution is -0.149. The van der Waals surface area contributed by atoms with Gasteiger partial charge in [0.1, 0.15) is 31.0 Å². The quantitative estimate of drug-likeness (QED) is 0.457. The highest BCUT2D eigenvalue weighted by Crippen LogP contribution is 2.35. The van der Waals surface area contributed by atoms with Crippen LogP contribution in [0.4, 0.5) is 0 Å². The maximum absolute atomic E-state index is 14.4. The lowest BCUT2D eigenvalue weighted by atomic mass is 9.80. The molecule has 41 heavy (non-hydrogen) atoms. The zero-order valence-electron chi connectivity index (χ0n) is 22.4. The number of pyridine rings is 2. The molecule has 6 rings (SSSR count). The molecule has 12 heteroatoms. The molecule has 4 aliphatic rings. The number of hydrogen-bond donors (Lipinski definition) is 1. The van der Waals surface area contributed by atoms with Gasteiger partial charge in [0.25, 0.3) is 5.91 Å². The Kier molecular flexibility index (Phi) is 7.35. The molecule has 4 aliphatic heterocycles. The zero-order valence-corrected chi connectivity index (χ0v) is 22.4. The van der Waals surface area contributed by atoms with E-state index in [1.54, 1.807) is 34.3 Å². The average molecular weight is 562 g/mol. The molecular weight excluding hydrogens is 530 g/mol. The van der Waals surface area contributed by atoms with Crippen LogP contribution in [0.1, 0.15) is 34.5 Å². The van der Waals surface area contributed by atoms with Gasteiger partial charge in [-0.05, 0) is 55.0 Å². The molecule has 2 aromatic heterocycles. The maximum Gasteiger partial charge on any atom is 0.267 e. The molecule has 0 aromatic carbocycles. The van der Waals surface area contributed by atoms with Crippen molar-refractivity contribution in [2.45, 2.75) is 50.0 Å². The van der Waals surface area contributed by atoms with Crippen LogP contribution >= 0.6 is 0 Å². The van der Waals surface area contributed by atoms with Crippen molar-refractivity contribution in [2.75, 3.05) is 26.3 Å². The Morgan fingerprint density at radius 1 is 0.878 bits per heavy atom. The number of likely N-dealkylation sites (tertiary alicyclic amines) is 2. The SMILES string of the molecule is NC(=O)c1cc(CC(C(=O)N2CCC3OCC(=O)C32)C(Cc2cccnc2)C(=O)N2CCC3OCC(=O)C32)ccn1. The number of hydrogen-bond acceptors (Lipinski definition) is 9. The first-order valence-corrected chi connectivity index (χ1v) is 13.8. The molecule has 0 aliphatic carbocycles. The first-order chi connectivity index (χ1) is 19.8. The minimum Gasteiger partial charge on any atom is -0.368 e. The van der Waals surface area contributed by atoms with E-state index < -0.39 is 29.8 Å². The van der Waals surface area contributed by atoms with E-state index in [1.807, 2.05) is 6.07 Å². The number of nitrogens with two attached hydrogens (primary N) is 1. The van der Waals surface area contributed by atoms with E-state index >= 15 is 0 Å². The van der Waals surface area contributed by atoms with Crippen molar-refractivity contribution >= 4 is 29.3 Å². The van der Waals surface area contributed by atoms with Gasteiger partial charge in [-0.1, -0.05) is 6.07 Å². The number of primary amides is 1. The van der Waals surface area contributed by atoms with Crippen molar-refractivity contribution in [3.05, 3.63) is 59.7 Å². The molecule has 6 heterocycles. The summed E-state index contributed by atoms with van der Waals surface area (Å²) in [6.07, 6.45) is 5.33. The first kappa shape index (κ1) is 27.2. The lowest BCUT2D eigenvalue weighted by Gasteiger charge is -2.34. The molecule has 4 saturated heterocycles. The van der Waals surface area contributed by atoms with Crippen molar-refractivity contribution in [1.82, 2.24) is 19.8 Å². The third-order valence-electron chi connectivity index (χ3n) is 8.62. The summed E-state index contributed by atoms with van der Waals surface area (Å²) in [5.74, 6) is -3.51. The Labute approximate surface area is 236 Å². The molecule has 2 aromatic rings. The molecular formula is C29H31N5O7. The third-order valence-corrected chi connectivity index (χ3v) is 8.62. The Bertz CT molecular complexity index is 1380. The van der Waals surface area contributed by atoms with Crippen LogP contribution in [0.5, 0.6) is 0 Å². The van der Waals surface area contributed by atoms with Crippen LogP contribution in [-0.2, 0) is 41.5 Å². The molecule has 0 spiro atoms. The largest absolute Gasteiger partial charge is 0.368 e. The molecule has 0 radical (unpaired) electrons. The van der Waals surface area contributed by atoms with Crippen LogP contribution in [0.2, 0.25) is 0 Å². The number of rotatable bonds is 8. The second kappa shape index (κ2) is 11.1. The number of ketones is 2. The molecule has 4 fully saturated rings. The van der Waals surface area contributed by atoms with Crippen molar-refractivity contribution < 1.29 is 33.4 Å². The van der Waals surface area contributed by atoms with Crippen LogP contribution < -0.4 is 5.73 Å². The normalized spacial score (nSPS) is 26.6. The van der Waals surface area contributed by atoms with Gasteiger partial charge in [0.2, 0.25) is 11.8 Å². The van der Waals surface area contributed by atoms with Gasteiger partial charge in [0, 0.05) is 31.7 Å². The summed E-state index contributed by atoms with van der Waals surface area (Å²) in [4.78, 5) is 77.4. The number of carbonyl (C=O) groups is 5. The summed E-state index contributed by atoms with van der Waals surface area (Å²) >= 11 is 0. The van der Waals surface area contributed by atoms with Gasteiger partial charge in [0.15, 0.2) is 11.6 Å². The van der Waals surface area contributed by atoms with Gasteiger partial charge in [-0.2, -0.15) is 0 Å². The number of carbonyl (C=O) groups excluding carboxylic acids is 5. The van der Waals surface area contributed by atoms with E-state index in [0.29, 0.717) is 31.5 Å². The topological polar surface area (TPSA) is 162 Å². The molecule has 214 valence electrons. The standard InChI is InChI=1S/C29H31N5O7/c30-27(37)20-12-16(3-7-32-20)10-18(28(38)33-8-4-23-25(33)21(35)14-40-23)19(11-17-2-1-6-31-13-17)29(39)34-9-5-24-26(34)22(36)15-41-24/h1-3,6-7,12-13,18-19,23-26H,4-5,8-11,14-15H2,(H2,30,37). The minimum atomic E-state index is -0.922. The minimum absolute atomic E-state index is 0.0411. The zero-order chi connectivity index (χ0) is 28.7. The summed E-state index contributed by atoms with van der Waals surface area (Å²) in [5, 5.41) is 0. The lowest BCUT2D eigenvalue weighted by Crippen LogP contribution is -2.52. The van der Waals surface area contributed by atoms with E-state index in [9.17, 15) is 24.0 Å². The number of fused-ring (bicyclic) bond motifs is 2. The van der Waals surface area contributed by atoms with E-state index in [2.05, 4.69) is 9.97 Å². The van der Waals surface area contributed by atoms with E-state index in [0.717, 1.165) is 5.56 Å². The molecule has 12 nitrogen and oxygen atoms in total. The van der Waals surface area contributed by atoms with Gasteiger partial charge in [-0.3, -0.25) is 33.9 Å². The van der Waals surface area contributed by atoms with Crippen LogP contribution in [0.15, 0.2) is 42.9 Å². The van der Waals surface area contributed by atoms with Gasteiger partial charge < -0.3 is 25.0 Å². The second-order valence-electron chi connectivity index (χ2n) is 11.1. The molecule has 3 amide bonds. The summed E-state index contributed by atoms with van der Waals surface area (Å²) in [6, 6.07) is 5.41. The summed E-state index contributed by atoms with van der Waals surface area (Å²) in [5.41, 5.74) is 6.85. The second-order valence-corrected chi connectivity index (χ2v) is 11.1. The number of amides is 3. The molecule has 6 unspecified atom stereocenters. The average Bonchev–Trinajstić information content (AvgIpc) is 3.75. The Morgan fingerprint density at radius 3 is 2.00 bits per heavy atom. The molecule has 2 N–H and O–H groups in total. The van der Waals surface area contributed by atoms with Crippen LogP contribution in [-0.4, -0.2) is 99.7 Å². The number of aromatic nitrogens is 2. The van der Waals surface area contributed by atoms with Gasteiger partial charge in [-0.25, -0.2) is 0 Å². The van der Waals surface area contributed by atoms with Gasteiger partial charge >= 0.3 is 0 Å². The summed E-state index contributed by atoms with van der Waals surface area (Å²) < 4.78 is 11.2. The maximum atomic E-state index is 14.4. The highest BCUT2D eigenvalue weighted by atomic mass is 16.5. The predicted molar refractivity (Wildman–Crippen MR) is 141 cm³/mol. The number of ether oxygens (including phenoxy) is 2. The monoisotopic (exact) mass is 561 g/mol. The van der Waals surface area contributed by atoms with Crippen molar-refractivity contribution in [2.24, 2.45) is 17.6 Å². The fourth-order valence-corrected chi connectivity index (χ4v) is 6.67. The molecule has 6 atom stereocenters. The van der Waals surface area contributed by atoms with Crippen molar-refractivity contribution in [1.29, 1.82) is 0 Å². The smallest absolute Gasteiger partial charge is 0.267 e. The number of nitrogens with zero attached hydrogens (tertiary/aromatic N) is 4. The fourth-order valence-electron chi connectivity index (χ4n) is 6.67. The van der Waals surface area contributed by atoms with E-state index in [-0.39, 0.29) is 67.3 Å².